The van der Waals surface area contributed by atoms with Gasteiger partial charge in [0, 0.05) is 11.3 Å². The molecule has 1 aromatic carbocycles. The molecule has 2 aromatic rings. The lowest BCUT2D eigenvalue weighted by Crippen LogP contribution is -2.55. The van der Waals surface area contributed by atoms with Crippen molar-refractivity contribution < 1.29 is 19.1 Å². The van der Waals surface area contributed by atoms with E-state index >= 15 is 0 Å². The minimum atomic E-state index is -0.871. The normalized spacial score (nSPS) is 24.0. The highest BCUT2D eigenvalue weighted by Crippen LogP contribution is 2.35. The van der Waals surface area contributed by atoms with Gasteiger partial charge in [0.05, 0.1) is 17.1 Å². The topological polar surface area (TPSA) is 84.2 Å². The second-order valence-corrected chi connectivity index (χ2v) is 8.02. The lowest BCUT2D eigenvalue weighted by molar-refractivity contribution is -0.145. The second-order valence-electron chi connectivity index (χ2n) is 8.02. The molecule has 1 saturated carbocycles. The van der Waals surface area contributed by atoms with Crippen molar-refractivity contribution in [2.45, 2.75) is 57.4 Å². The van der Waals surface area contributed by atoms with Crippen LogP contribution in [0.5, 0.6) is 0 Å². The van der Waals surface area contributed by atoms with Crippen LogP contribution in [0.4, 0.5) is 4.39 Å². The maximum atomic E-state index is 13.3. The molecule has 28 heavy (non-hydrogen) atoms. The number of halogens is 1. The number of carboxylic acid groups (broad SMARTS) is 1. The van der Waals surface area contributed by atoms with Gasteiger partial charge in [-0.3, -0.25) is 9.59 Å². The molecule has 0 aliphatic heterocycles. The summed E-state index contributed by atoms with van der Waals surface area (Å²) in [6.07, 6.45) is 5.45. The number of amides is 1. The van der Waals surface area contributed by atoms with Gasteiger partial charge in [0.1, 0.15) is 5.82 Å². The predicted molar refractivity (Wildman–Crippen MR) is 101 cm³/mol. The van der Waals surface area contributed by atoms with Crippen LogP contribution in [0.1, 0.15) is 60.8 Å². The van der Waals surface area contributed by atoms with Gasteiger partial charge in [-0.1, -0.05) is 12.8 Å². The van der Waals surface area contributed by atoms with Crippen molar-refractivity contribution in [3.63, 3.8) is 0 Å². The van der Waals surface area contributed by atoms with Crippen molar-refractivity contribution in [1.29, 1.82) is 0 Å². The minimum Gasteiger partial charge on any atom is -0.481 e. The second kappa shape index (κ2) is 7.04. The summed E-state index contributed by atoms with van der Waals surface area (Å²) >= 11 is 0. The fourth-order valence-corrected chi connectivity index (χ4v) is 4.61. The Morgan fingerprint density at radius 3 is 2.68 bits per heavy atom. The van der Waals surface area contributed by atoms with Crippen LogP contribution in [-0.2, 0) is 17.6 Å². The van der Waals surface area contributed by atoms with Crippen molar-refractivity contribution in [3.8, 4) is 5.69 Å². The quantitative estimate of drug-likeness (QED) is 0.846. The van der Waals surface area contributed by atoms with Crippen LogP contribution in [-0.4, -0.2) is 32.3 Å². The molecule has 1 fully saturated rings. The number of nitrogens with zero attached hydrogens (tertiary/aromatic N) is 2. The molecule has 4 rings (SSSR count). The lowest BCUT2D eigenvalue weighted by atomic mass is 9.74. The summed E-state index contributed by atoms with van der Waals surface area (Å²) in [5.74, 6) is -2.12. The third-order valence-corrected chi connectivity index (χ3v) is 6.12. The molecule has 0 radical (unpaired) electrons. The van der Waals surface area contributed by atoms with Crippen LogP contribution < -0.4 is 5.32 Å². The Balaban J connectivity index is 1.66. The number of aromatic nitrogens is 2. The smallest absolute Gasteiger partial charge is 0.308 e. The maximum absolute atomic E-state index is 13.3. The Labute approximate surface area is 162 Å². The monoisotopic (exact) mass is 385 g/mol. The van der Waals surface area contributed by atoms with Gasteiger partial charge in [0.25, 0.3) is 5.91 Å². The summed E-state index contributed by atoms with van der Waals surface area (Å²) in [5, 5.41) is 17.1. The van der Waals surface area contributed by atoms with E-state index in [4.69, 9.17) is 0 Å². The van der Waals surface area contributed by atoms with Gasteiger partial charge in [-0.05, 0) is 63.3 Å². The van der Waals surface area contributed by atoms with Crippen LogP contribution in [0.3, 0.4) is 0 Å². The van der Waals surface area contributed by atoms with Crippen molar-refractivity contribution in [2.75, 3.05) is 0 Å². The lowest BCUT2D eigenvalue weighted by Gasteiger charge is -2.39. The third kappa shape index (κ3) is 3.19. The number of nitrogens with one attached hydrogen (secondary N) is 1. The third-order valence-electron chi connectivity index (χ3n) is 6.12. The number of benzene rings is 1. The van der Waals surface area contributed by atoms with Crippen LogP contribution in [0.15, 0.2) is 24.3 Å². The zero-order valence-corrected chi connectivity index (χ0v) is 15.9. The largest absolute Gasteiger partial charge is 0.481 e. The Kier molecular flexibility index (Phi) is 4.69. The van der Waals surface area contributed by atoms with Gasteiger partial charge in [0.2, 0.25) is 0 Å². The first-order valence-electron chi connectivity index (χ1n) is 9.81. The Hall–Kier alpha value is -2.70. The number of carboxylic acids is 1. The summed E-state index contributed by atoms with van der Waals surface area (Å²) in [7, 11) is 0. The molecule has 2 unspecified atom stereocenters. The van der Waals surface area contributed by atoms with Crippen LogP contribution in [0.2, 0.25) is 0 Å². The molecule has 6 nitrogen and oxygen atoms in total. The molecule has 7 heteroatoms. The number of hydrogen-bond donors (Lipinski definition) is 2. The Morgan fingerprint density at radius 1 is 1.21 bits per heavy atom. The molecule has 0 saturated heterocycles. The number of rotatable bonds is 4. The molecule has 2 N–H and O–H groups in total. The van der Waals surface area contributed by atoms with E-state index in [9.17, 15) is 19.1 Å². The zero-order chi connectivity index (χ0) is 19.9. The fraction of sp³-hybridized carbons (Fsp3) is 0.476. The van der Waals surface area contributed by atoms with Gasteiger partial charge in [-0.15, -0.1) is 0 Å². The van der Waals surface area contributed by atoms with Gasteiger partial charge >= 0.3 is 5.97 Å². The number of carbonyl (C=O) groups excluding carboxylic acids is 1. The summed E-state index contributed by atoms with van der Waals surface area (Å²) in [6, 6.07) is 6.04. The Bertz CT molecular complexity index is 922. The molecule has 1 aromatic heterocycles. The van der Waals surface area contributed by atoms with Gasteiger partial charge < -0.3 is 10.4 Å². The van der Waals surface area contributed by atoms with Gasteiger partial charge in [0.15, 0.2) is 5.69 Å². The van der Waals surface area contributed by atoms with E-state index in [0.717, 1.165) is 43.4 Å². The molecule has 2 atom stereocenters. The van der Waals surface area contributed by atoms with Crippen LogP contribution >= 0.6 is 0 Å². The van der Waals surface area contributed by atoms with E-state index in [1.165, 1.54) is 12.1 Å². The van der Waals surface area contributed by atoms with E-state index in [1.54, 1.807) is 16.8 Å². The average Bonchev–Trinajstić information content (AvgIpc) is 3.24. The number of fused-ring (bicyclic) bond motifs is 1. The summed E-state index contributed by atoms with van der Waals surface area (Å²) in [6.45, 7) is 1.82. The number of aliphatic carboxylic acids is 1. The van der Waals surface area contributed by atoms with E-state index in [0.29, 0.717) is 24.2 Å². The minimum absolute atomic E-state index is 0.324. The first-order valence-corrected chi connectivity index (χ1v) is 9.81. The van der Waals surface area contributed by atoms with E-state index in [1.807, 2.05) is 6.92 Å². The molecule has 1 amide bonds. The molecule has 2 aliphatic carbocycles. The molecule has 148 valence electrons. The highest BCUT2D eigenvalue weighted by Gasteiger charge is 2.43. The van der Waals surface area contributed by atoms with Gasteiger partial charge in [-0.25, -0.2) is 9.07 Å². The van der Waals surface area contributed by atoms with Crippen molar-refractivity contribution >= 4 is 11.9 Å². The SMILES string of the molecule is CC1(NC(=O)c2nn(-c3ccc(F)cc3)c3c2CCC3)CCCCC1C(=O)O. The molecular weight excluding hydrogens is 361 g/mol. The van der Waals surface area contributed by atoms with Crippen molar-refractivity contribution in [1.82, 2.24) is 15.1 Å². The van der Waals surface area contributed by atoms with Crippen LogP contribution in [0, 0.1) is 11.7 Å². The van der Waals surface area contributed by atoms with Gasteiger partial charge in [-0.2, -0.15) is 5.10 Å². The average molecular weight is 385 g/mol. The summed E-state index contributed by atoms with van der Waals surface area (Å²) in [4.78, 5) is 24.8. The molecule has 0 bridgehead atoms. The van der Waals surface area contributed by atoms with E-state index in [-0.39, 0.29) is 11.7 Å². The van der Waals surface area contributed by atoms with E-state index < -0.39 is 17.4 Å². The van der Waals surface area contributed by atoms with Crippen molar-refractivity contribution in [3.05, 3.63) is 47.0 Å². The summed E-state index contributed by atoms with van der Waals surface area (Å²) in [5.41, 5.74) is 2.17. The summed E-state index contributed by atoms with van der Waals surface area (Å²) < 4.78 is 15.0. The number of hydrogen-bond acceptors (Lipinski definition) is 3. The number of carbonyl (C=O) groups is 2. The van der Waals surface area contributed by atoms with E-state index in [2.05, 4.69) is 10.4 Å². The maximum Gasteiger partial charge on any atom is 0.308 e. The molecule has 0 spiro atoms. The first-order chi connectivity index (χ1) is 13.4. The van der Waals surface area contributed by atoms with Crippen molar-refractivity contribution in [2.24, 2.45) is 5.92 Å². The standard InChI is InChI=1S/C21H24FN3O3/c1-21(12-3-2-6-16(21)20(27)28)23-19(26)18-15-5-4-7-17(15)25(24-18)14-10-8-13(22)9-11-14/h8-11,16H,2-7,12H2,1H3,(H,23,26)(H,27,28). The first kappa shape index (κ1) is 18.7. The fourth-order valence-electron chi connectivity index (χ4n) is 4.61. The Morgan fingerprint density at radius 2 is 1.96 bits per heavy atom. The molecule has 1 heterocycles. The molecular formula is C21H24FN3O3. The zero-order valence-electron chi connectivity index (χ0n) is 15.9. The highest BCUT2D eigenvalue weighted by atomic mass is 19.1. The van der Waals surface area contributed by atoms with Crippen LogP contribution in [0.25, 0.3) is 5.69 Å². The molecule has 2 aliphatic rings. The predicted octanol–water partition coefficient (Wildman–Crippen LogP) is 3.26. The highest BCUT2D eigenvalue weighted by molar-refractivity contribution is 5.95.